The van der Waals surface area contributed by atoms with Crippen molar-refractivity contribution >= 4 is 5.97 Å². The molecule has 5 nitrogen and oxygen atoms in total. The zero-order valence-corrected chi connectivity index (χ0v) is 13.9. The fraction of sp³-hybridized carbons (Fsp3) is 0.278. The summed E-state index contributed by atoms with van der Waals surface area (Å²) >= 11 is 0. The zero-order chi connectivity index (χ0) is 17.0. The maximum Gasteiger partial charge on any atom is 0.347 e. The molecule has 0 fully saturated rings. The first-order valence-electron chi connectivity index (χ1n) is 7.10. The monoisotopic (exact) mass is 316 g/mol. The van der Waals surface area contributed by atoms with Gasteiger partial charge in [-0.25, -0.2) is 4.79 Å². The number of methoxy groups -OCH3 is 3. The predicted molar refractivity (Wildman–Crippen MR) is 87.0 cm³/mol. The van der Waals surface area contributed by atoms with E-state index in [0.717, 1.165) is 11.1 Å². The largest absolute Gasteiger partial charge is 0.496 e. The van der Waals surface area contributed by atoms with Crippen LogP contribution in [0.2, 0.25) is 0 Å². The third-order valence-corrected chi connectivity index (χ3v) is 3.68. The van der Waals surface area contributed by atoms with Crippen molar-refractivity contribution in [3.63, 3.8) is 0 Å². The second-order valence-corrected chi connectivity index (χ2v) is 5.00. The SMILES string of the molecule is COc1cc(OC)c(C(=O)Oc2cccc(C)c2C)cc1OC. The molecule has 2 aromatic carbocycles. The van der Waals surface area contributed by atoms with Crippen molar-refractivity contribution in [2.24, 2.45) is 0 Å². The molecule has 0 atom stereocenters. The van der Waals surface area contributed by atoms with E-state index in [1.54, 1.807) is 18.2 Å². The molecule has 0 radical (unpaired) electrons. The van der Waals surface area contributed by atoms with Gasteiger partial charge in [0.05, 0.1) is 21.3 Å². The molecule has 0 spiro atoms. The van der Waals surface area contributed by atoms with Crippen LogP contribution in [0.25, 0.3) is 0 Å². The molecule has 0 heterocycles. The molecule has 2 aromatic rings. The van der Waals surface area contributed by atoms with Crippen LogP contribution >= 0.6 is 0 Å². The number of hydrogen-bond donors (Lipinski definition) is 0. The van der Waals surface area contributed by atoms with Crippen molar-refractivity contribution in [1.82, 2.24) is 0 Å². The Morgan fingerprint density at radius 1 is 0.826 bits per heavy atom. The van der Waals surface area contributed by atoms with E-state index in [9.17, 15) is 4.79 Å². The Hall–Kier alpha value is -2.69. The number of aryl methyl sites for hydroxylation is 1. The van der Waals surface area contributed by atoms with E-state index in [4.69, 9.17) is 18.9 Å². The highest BCUT2D eigenvalue weighted by Gasteiger charge is 2.20. The third kappa shape index (κ3) is 3.39. The third-order valence-electron chi connectivity index (χ3n) is 3.68. The topological polar surface area (TPSA) is 54.0 Å². The molecular weight excluding hydrogens is 296 g/mol. The van der Waals surface area contributed by atoms with Crippen LogP contribution in [0.15, 0.2) is 30.3 Å². The summed E-state index contributed by atoms with van der Waals surface area (Å²) in [5.41, 5.74) is 2.24. The van der Waals surface area contributed by atoms with Crippen molar-refractivity contribution in [3.8, 4) is 23.0 Å². The Morgan fingerprint density at radius 3 is 2.04 bits per heavy atom. The molecule has 122 valence electrons. The zero-order valence-electron chi connectivity index (χ0n) is 13.9. The molecule has 5 heteroatoms. The molecule has 0 aliphatic carbocycles. The minimum Gasteiger partial charge on any atom is -0.496 e. The number of hydrogen-bond acceptors (Lipinski definition) is 5. The van der Waals surface area contributed by atoms with E-state index in [1.807, 2.05) is 26.0 Å². The lowest BCUT2D eigenvalue weighted by Crippen LogP contribution is -2.12. The van der Waals surface area contributed by atoms with Crippen molar-refractivity contribution in [3.05, 3.63) is 47.0 Å². The fourth-order valence-corrected chi connectivity index (χ4v) is 2.18. The second kappa shape index (κ2) is 7.05. The normalized spacial score (nSPS) is 10.1. The van der Waals surface area contributed by atoms with Gasteiger partial charge >= 0.3 is 5.97 Å². The summed E-state index contributed by atoms with van der Waals surface area (Å²) in [7, 11) is 4.51. The quantitative estimate of drug-likeness (QED) is 0.624. The fourth-order valence-electron chi connectivity index (χ4n) is 2.18. The van der Waals surface area contributed by atoms with Crippen LogP contribution < -0.4 is 18.9 Å². The number of benzene rings is 2. The first kappa shape index (κ1) is 16.7. The summed E-state index contributed by atoms with van der Waals surface area (Å²) < 4.78 is 21.2. The Labute approximate surface area is 135 Å². The van der Waals surface area contributed by atoms with Gasteiger partial charge < -0.3 is 18.9 Å². The van der Waals surface area contributed by atoms with Gasteiger partial charge in [0.2, 0.25) is 0 Å². The van der Waals surface area contributed by atoms with Gasteiger partial charge in [0.25, 0.3) is 0 Å². The van der Waals surface area contributed by atoms with Crippen LogP contribution in [0.4, 0.5) is 0 Å². The van der Waals surface area contributed by atoms with E-state index in [2.05, 4.69) is 0 Å². The summed E-state index contributed by atoms with van der Waals surface area (Å²) in [4.78, 5) is 12.5. The van der Waals surface area contributed by atoms with Gasteiger partial charge in [-0.3, -0.25) is 0 Å². The van der Waals surface area contributed by atoms with Gasteiger partial charge in [-0.1, -0.05) is 12.1 Å². The predicted octanol–water partition coefficient (Wildman–Crippen LogP) is 3.55. The molecule has 0 amide bonds. The van der Waals surface area contributed by atoms with E-state index in [1.165, 1.54) is 21.3 Å². The number of carbonyl (C=O) groups is 1. The van der Waals surface area contributed by atoms with Crippen LogP contribution in [0.1, 0.15) is 21.5 Å². The van der Waals surface area contributed by atoms with Crippen LogP contribution in [0.3, 0.4) is 0 Å². The van der Waals surface area contributed by atoms with Gasteiger partial charge in [-0.2, -0.15) is 0 Å². The first-order valence-corrected chi connectivity index (χ1v) is 7.10. The molecular formula is C18H20O5. The molecule has 23 heavy (non-hydrogen) atoms. The summed E-state index contributed by atoms with van der Waals surface area (Å²) in [6, 6.07) is 8.71. The summed E-state index contributed by atoms with van der Waals surface area (Å²) in [5, 5.41) is 0. The molecule has 0 saturated heterocycles. The Morgan fingerprint density at radius 2 is 1.43 bits per heavy atom. The first-order chi connectivity index (χ1) is 11.0. The van der Waals surface area contributed by atoms with E-state index in [0.29, 0.717) is 23.0 Å². The average Bonchev–Trinajstić information content (AvgIpc) is 2.57. The molecule has 0 aliphatic heterocycles. The Kier molecular flexibility index (Phi) is 5.11. The molecule has 0 bridgehead atoms. The van der Waals surface area contributed by atoms with Crippen LogP contribution in [-0.2, 0) is 0 Å². The van der Waals surface area contributed by atoms with Gasteiger partial charge in [-0.05, 0) is 31.0 Å². The number of carbonyl (C=O) groups excluding carboxylic acids is 1. The van der Waals surface area contributed by atoms with Gasteiger partial charge in [-0.15, -0.1) is 0 Å². The maximum absolute atomic E-state index is 12.5. The number of esters is 1. The van der Waals surface area contributed by atoms with Crippen LogP contribution in [0, 0.1) is 13.8 Å². The second-order valence-electron chi connectivity index (χ2n) is 5.00. The van der Waals surface area contributed by atoms with Crippen molar-refractivity contribution in [2.75, 3.05) is 21.3 Å². The van der Waals surface area contributed by atoms with Gasteiger partial charge in [0, 0.05) is 12.1 Å². The summed E-state index contributed by atoms with van der Waals surface area (Å²) in [6.45, 7) is 3.87. The lowest BCUT2D eigenvalue weighted by atomic mass is 10.1. The highest BCUT2D eigenvalue weighted by molar-refractivity contribution is 5.95. The van der Waals surface area contributed by atoms with E-state index >= 15 is 0 Å². The standard InChI is InChI=1S/C18H20O5/c1-11-7-6-8-14(12(11)2)23-18(19)13-9-16(21-4)17(22-5)10-15(13)20-3/h6-10H,1-5H3. The number of rotatable bonds is 5. The Bertz CT molecular complexity index is 722. The van der Waals surface area contributed by atoms with Crippen LogP contribution in [0.5, 0.6) is 23.0 Å². The maximum atomic E-state index is 12.5. The van der Waals surface area contributed by atoms with Crippen LogP contribution in [-0.4, -0.2) is 27.3 Å². The molecule has 0 N–H and O–H groups in total. The number of ether oxygens (including phenoxy) is 4. The van der Waals surface area contributed by atoms with Crippen molar-refractivity contribution in [2.45, 2.75) is 13.8 Å². The minimum absolute atomic E-state index is 0.269. The molecule has 0 saturated carbocycles. The average molecular weight is 316 g/mol. The van der Waals surface area contributed by atoms with Gasteiger partial charge in [0.15, 0.2) is 11.5 Å². The van der Waals surface area contributed by atoms with E-state index in [-0.39, 0.29) is 5.56 Å². The molecule has 2 rings (SSSR count). The molecule has 0 aliphatic rings. The lowest BCUT2D eigenvalue weighted by Gasteiger charge is -2.14. The van der Waals surface area contributed by atoms with Crippen molar-refractivity contribution in [1.29, 1.82) is 0 Å². The van der Waals surface area contributed by atoms with Crippen molar-refractivity contribution < 1.29 is 23.7 Å². The van der Waals surface area contributed by atoms with Gasteiger partial charge in [0.1, 0.15) is 17.1 Å². The van der Waals surface area contributed by atoms with E-state index < -0.39 is 5.97 Å². The summed E-state index contributed by atoms with van der Waals surface area (Å²) in [6.07, 6.45) is 0. The summed E-state index contributed by atoms with van der Waals surface area (Å²) in [5.74, 6) is 1.27. The highest BCUT2D eigenvalue weighted by Crippen LogP contribution is 2.35. The molecule has 0 aromatic heterocycles. The smallest absolute Gasteiger partial charge is 0.347 e. The Balaban J connectivity index is 2.40. The molecule has 0 unspecified atom stereocenters. The lowest BCUT2D eigenvalue weighted by molar-refractivity contribution is 0.0729. The minimum atomic E-state index is -0.517. The highest BCUT2D eigenvalue weighted by atomic mass is 16.5.